The van der Waals surface area contributed by atoms with Gasteiger partial charge in [0, 0.05) is 19.1 Å². The summed E-state index contributed by atoms with van der Waals surface area (Å²) in [5.41, 5.74) is 6.62. The molecule has 2 heterocycles. The van der Waals surface area contributed by atoms with E-state index in [0.717, 1.165) is 18.1 Å². The number of anilines is 1. The fourth-order valence-corrected chi connectivity index (χ4v) is 2.47. The molecule has 2 rings (SSSR count). The van der Waals surface area contributed by atoms with Gasteiger partial charge in [0.05, 0.1) is 5.69 Å². The highest BCUT2D eigenvalue weighted by Gasteiger charge is 2.21. The first-order valence-corrected chi connectivity index (χ1v) is 6.27. The van der Waals surface area contributed by atoms with E-state index < -0.39 is 0 Å². The molecule has 0 bridgehead atoms. The summed E-state index contributed by atoms with van der Waals surface area (Å²) in [6, 6.07) is 6.82. The van der Waals surface area contributed by atoms with E-state index in [1.807, 2.05) is 6.07 Å². The molecular weight excluding hydrogens is 198 g/mol. The van der Waals surface area contributed by atoms with Crippen LogP contribution in [0.2, 0.25) is 0 Å². The van der Waals surface area contributed by atoms with Crippen LogP contribution in [-0.2, 0) is 6.54 Å². The van der Waals surface area contributed by atoms with E-state index in [1.54, 1.807) is 0 Å². The Balaban J connectivity index is 2.20. The quantitative estimate of drug-likeness (QED) is 0.848. The second-order valence-corrected chi connectivity index (χ2v) is 4.44. The molecule has 1 atom stereocenters. The molecule has 3 nitrogen and oxygen atoms in total. The predicted molar refractivity (Wildman–Crippen MR) is 67.4 cm³/mol. The minimum atomic E-state index is 0.526. The Morgan fingerprint density at radius 2 is 2.31 bits per heavy atom. The van der Waals surface area contributed by atoms with Crippen molar-refractivity contribution < 1.29 is 0 Å². The maximum Gasteiger partial charge on any atom is 0.129 e. The molecule has 0 aromatic carbocycles. The van der Waals surface area contributed by atoms with Crippen molar-refractivity contribution in [1.82, 2.24) is 4.98 Å². The van der Waals surface area contributed by atoms with Crippen LogP contribution in [0, 0.1) is 0 Å². The lowest BCUT2D eigenvalue weighted by atomic mass is 10.00. The molecule has 1 unspecified atom stereocenters. The first-order valence-electron chi connectivity index (χ1n) is 6.27. The molecule has 1 fully saturated rings. The minimum Gasteiger partial charge on any atom is -0.354 e. The number of hydrogen-bond acceptors (Lipinski definition) is 3. The normalized spacial score (nSPS) is 21.1. The van der Waals surface area contributed by atoms with Gasteiger partial charge in [-0.15, -0.1) is 0 Å². The van der Waals surface area contributed by atoms with Crippen LogP contribution < -0.4 is 10.6 Å². The highest BCUT2D eigenvalue weighted by Crippen LogP contribution is 2.24. The molecule has 1 aromatic heterocycles. The molecule has 0 radical (unpaired) electrons. The average Bonchev–Trinajstić information content (AvgIpc) is 2.38. The number of nitrogens with zero attached hydrogens (tertiary/aromatic N) is 2. The minimum absolute atomic E-state index is 0.526. The molecule has 2 N–H and O–H groups in total. The first-order chi connectivity index (χ1) is 7.85. The molecule has 1 aromatic rings. The van der Waals surface area contributed by atoms with Crippen LogP contribution in [0.15, 0.2) is 18.2 Å². The molecule has 0 spiro atoms. The summed E-state index contributed by atoms with van der Waals surface area (Å²) >= 11 is 0. The van der Waals surface area contributed by atoms with Crippen LogP contribution in [0.3, 0.4) is 0 Å². The summed E-state index contributed by atoms with van der Waals surface area (Å²) in [6.07, 6.45) is 5.14. The van der Waals surface area contributed by atoms with Gasteiger partial charge in [-0.25, -0.2) is 4.98 Å². The Morgan fingerprint density at radius 1 is 1.44 bits per heavy atom. The highest BCUT2D eigenvalue weighted by atomic mass is 15.2. The summed E-state index contributed by atoms with van der Waals surface area (Å²) in [4.78, 5) is 7.06. The lowest BCUT2D eigenvalue weighted by Crippen LogP contribution is -2.39. The van der Waals surface area contributed by atoms with Gasteiger partial charge < -0.3 is 10.6 Å². The van der Waals surface area contributed by atoms with Crippen LogP contribution in [0.5, 0.6) is 0 Å². The molecule has 0 amide bonds. The molecule has 16 heavy (non-hydrogen) atoms. The molecule has 1 aliphatic heterocycles. The number of aromatic nitrogens is 1. The van der Waals surface area contributed by atoms with Crippen molar-refractivity contribution >= 4 is 5.82 Å². The van der Waals surface area contributed by atoms with Crippen LogP contribution in [0.1, 0.15) is 38.3 Å². The first kappa shape index (κ1) is 11.4. The summed E-state index contributed by atoms with van der Waals surface area (Å²) in [6.45, 7) is 3.92. The summed E-state index contributed by atoms with van der Waals surface area (Å²) in [5, 5.41) is 0. The second-order valence-electron chi connectivity index (χ2n) is 4.44. The smallest absolute Gasteiger partial charge is 0.129 e. The molecule has 1 saturated heterocycles. The SMILES string of the molecule is CCC1CCCCN1c1cccc(CN)n1. The molecule has 1 aliphatic rings. The van der Waals surface area contributed by atoms with Crippen molar-refractivity contribution in [2.45, 2.75) is 45.2 Å². The van der Waals surface area contributed by atoms with Gasteiger partial charge in [0.1, 0.15) is 5.82 Å². The molecular formula is C13H21N3. The van der Waals surface area contributed by atoms with Gasteiger partial charge in [-0.3, -0.25) is 0 Å². The van der Waals surface area contributed by atoms with Crippen molar-refractivity contribution in [3.8, 4) is 0 Å². The van der Waals surface area contributed by atoms with Gasteiger partial charge in [0.15, 0.2) is 0 Å². The molecule has 3 heteroatoms. The Labute approximate surface area is 97.7 Å². The fourth-order valence-electron chi connectivity index (χ4n) is 2.47. The molecule has 88 valence electrons. The fraction of sp³-hybridized carbons (Fsp3) is 0.615. The average molecular weight is 219 g/mol. The second kappa shape index (κ2) is 5.30. The van der Waals surface area contributed by atoms with Crippen molar-refractivity contribution in [3.63, 3.8) is 0 Å². The van der Waals surface area contributed by atoms with Crippen LogP contribution in [0.4, 0.5) is 5.82 Å². The summed E-state index contributed by atoms with van der Waals surface area (Å²) in [5.74, 6) is 1.11. The van der Waals surface area contributed by atoms with E-state index in [-0.39, 0.29) is 0 Å². The predicted octanol–water partition coefficient (Wildman–Crippen LogP) is 2.31. The number of piperidine rings is 1. The standard InChI is InChI=1S/C13H21N3/c1-2-12-7-3-4-9-16(12)13-8-5-6-11(10-14)15-13/h5-6,8,12H,2-4,7,9-10,14H2,1H3. The number of pyridine rings is 1. The van der Waals surface area contributed by atoms with Gasteiger partial charge in [-0.1, -0.05) is 13.0 Å². The van der Waals surface area contributed by atoms with Crippen molar-refractivity contribution in [1.29, 1.82) is 0 Å². The van der Waals surface area contributed by atoms with Gasteiger partial charge in [-0.05, 0) is 37.8 Å². The molecule has 0 aliphatic carbocycles. The third-order valence-corrected chi connectivity index (χ3v) is 3.39. The lowest BCUT2D eigenvalue weighted by Gasteiger charge is -2.36. The monoisotopic (exact) mass is 219 g/mol. The van der Waals surface area contributed by atoms with E-state index in [1.165, 1.54) is 25.7 Å². The number of rotatable bonds is 3. The van der Waals surface area contributed by atoms with E-state index in [0.29, 0.717) is 12.6 Å². The lowest BCUT2D eigenvalue weighted by molar-refractivity contribution is 0.446. The van der Waals surface area contributed by atoms with E-state index in [2.05, 4.69) is 28.9 Å². The topological polar surface area (TPSA) is 42.1 Å². The third-order valence-electron chi connectivity index (χ3n) is 3.39. The summed E-state index contributed by atoms with van der Waals surface area (Å²) < 4.78 is 0. The third kappa shape index (κ3) is 2.35. The van der Waals surface area contributed by atoms with Crippen molar-refractivity contribution in [3.05, 3.63) is 23.9 Å². The number of hydrogen-bond donors (Lipinski definition) is 1. The van der Waals surface area contributed by atoms with Gasteiger partial charge in [0.2, 0.25) is 0 Å². The van der Waals surface area contributed by atoms with Gasteiger partial charge in [0.25, 0.3) is 0 Å². The number of nitrogens with two attached hydrogens (primary N) is 1. The maximum atomic E-state index is 5.63. The highest BCUT2D eigenvalue weighted by molar-refractivity contribution is 5.41. The van der Waals surface area contributed by atoms with Crippen LogP contribution in [-0.4, -0.2) is 17.6 Å². The van der Waals surface area contributed by atoms with Gasteiger partial charge in [-0.2, -0.15) is 0 Å². The zero-order valence-electron chi connectivity index (χ0n) is 10.0. The van der Waals surface area contributed by atoms with Crippen molar-refractivity contribution in [2.24, 2.45) is 5.73 Å². The van der Waals surface area contributed by atoms with Gasteiger partial charge >= 0.3 is 0 Å². The largest absolute Gasteiger partial charge is 0.354 e. The zero-order valence-corrected chi connectivity index (χ0v) is 10.0. The maximum absolute atomic E-state index is 5.63. The molecule has 0 saturated carbocycles. The summed E-state index contributed by atoms with van der Waals surface area (Å²) in [7, 11) is 0. The Bertz CT molecular complexity index is 338. The zero-order chi connectivity index (χ0) is 11.4. The van der Waals surface area contributed by atoms with Crippen molar-refractivity contribution in [2.75, 3.05) is 11.4 Å². The van der Waals surface area contributed by atoms with E-state index >= 15 is 0 Å². The van der Waals surface area contributed by atoms with Crippen LogP contribution in [0.25, 0.3) is 0 Å². The van der Waals surface area contributed by atoms with E-state index in [4.69, 9.17) is 5.73 Å². The van der Waals surface area contributed by atoms with Crippen LogP contribution >= 0.6 is 0 Å². The Kier molecular flexibility index (Phi) is 3.78. The Hall–Kier alpha value is -1.09. The van der Waals surface area contributed by atoms with E-state index in [9.17, 15) is 0 Å². The Morgan fingerprint density at radius 3 is 3.06 bits per heavy atom.